The van der Waals surface area contributed by atoms with Crippen LogP contribution in [-0.4, -0.2) is 63.9 Å². The lowest BCUT2D eigenvalue weighted by Gasteiger charge is -2.38. The first-order valence-corrected chi connectivity index (χ1v) is 8.34. The zero-order valence-electron chi connectivity index (χ0n) is 13.8. The van der Waals surface area contributed by atoms with Crippen molar-refractivity contribution in [3.8, 4) is 0 Å². The average Bonchev–Trinajstić information content (AvgIpc) is 3.11. The molecule has 2 aliphatic heterocycles. The van der Waals surface area contributed by atoms with Gasteiger partial charge in [-0.15, -0.1) is 5.10 Å². The van der Waals surface area contributed by atoms with Crippen LogP contribution < -0.4 is 0 Å². The Morgan fingerprint density at radius 3 is 2.87 bits per heavy atom. The van der Waals surface area contributed by atoms with E-state index in [0.29, 0.717) is 5.41 Å². The van der Waals surface area contributed by atoms with Crippen LogP contribution in [0.25, 0.3) is 11.0 Å². The molecule has 1 atom stereocenters. The number of carbonyl (C=O) groups excluding carboxylic acids is 1. The summed E-state index contributed by atoms with van der Waals surface area (Å²) in [5.74, 6) is 0.127. The van der Waals surface area contributed by atoms with Crippen molar-refractivity contribution in [1.29, 1.82) is 0 Å². The van der Waals surface area contributed by atoms with Gasteiger partial charge in [0.05, 0.1) is 5.52 Å². The van der Waals surface area contributed by atoms with Crippen LogP contribution in [0.5, 0.6) is 0 Å². The highest BCUT2D eigenvalue weighted by Gasteiger charge is 2.42. The highest BCUT2D eigenvalue weighted by atomic mass is 16.2. The maximum absolute atomic E-state index is 12.9. The topological polar surface area (TPSA) is 54.3 Å². The third kappa shape index (κ3) is 2.51. The molecule has 1 unspecified atom stereocenters. The van der Waals surface area contributed by atoms with Crippen LogP contribution in [0.1, 0.15) is 29.6 Å². The van der Waals surface area contributed by atoms with Gasteiger partial charge in [-0.25, -0.2) is 4.68 Å². The summed E-state index contributed by atoms with van der Waals surface area (Å²) in [5, 5.41) is 8.12. The van der Waals surface area contributed by atoms with Crippen molar-refractivity contribution in [3.05, 3.63) is 23.8 Å². The molecule has 1 aromatic heterocycles. The molecule has 2 saturated heterocycles. The van der Waals surface area contributed by atoms with E-state index in [-0.39, 0.29) is 5.91 Å². The molecule has 2 aliphatic rings. The van der Waals surface area contributed by atoms with Gasteiger partial charge in [0, 0.05) is 37.7 Å². The fourth-order valence-corrected chi connectivity index (χ4v) is 4.25. The van der Waals surface area contributed by atoms with Crippen molar-refractivity contribution >= 4 is 16.9 Å². The minimum absolute atomic E-state index is 0.127. The van der Waals surface area contributed by atoms with Gasteiger partial charge in [-0.2, -0.15) is 0 Å². The molecule has 6 heteroatoms. The van der Waals surface area contributed by atoms with Crippen LogP contribution in [-0.2, 0) is 7.05 Å². The SMILES string of the molecule is CN1CCCC2(CCN(C(=O)c3ccc4c(c3)nnn4C)C2)C1. The van der Waals surface area contributed by atoms with E-state index >= 15 is 0 Å². The molecule has 122 valence electrons. The minimum Gasteiger partial charge on any atom is -0.338 e. The van der Waals surface area contributed by atoms with Crippen molar-refractivity contribution in [2.45, 2.75) is 19.3 Å². The van der Waals surface area contributed by atoms with Gasteiger partial charge in [0.1, 0.15) is 5.52 Å². The first-order valence-electron chi connectivity index (χ1n) is 8.34. The second kappa shape index (κ2) is 5.30. The fraction of sp³-hybridized carbons (Fsp3) is 0.588. The molecular weight excluding hydrogens is 290 g/mol. The second-order valence-corrected chi connectivity index (χ2v) is 7.23. The van der Waals surface area contributed by atoms with Crippen molar-refractivity contribution in [1.82, 2.24) is 24.8 Å². The van der Waals surface area contributed by atoms with Crippen LogP contribution in [0.3, 0.4) is 0 Å². The number of aromatic nitrogens is 3. The van der Waals surface area contributed by atoms with Crippen LogP contribution in [0.4, 0.5) is 0 Å². The van der Waals surface area contributed by atoms with Gasteiger partial charge < -0.3 is 9.80 Å². The Bertz CT molecular complexity index is 755. The number of aryl methyl sites for hydroxylation is 1. The predicted molar refractivity (Wildman–Crippen MR) is 88.2 cm³/mol. The minimum atomic E-state index is 0.127. The third-order valence-corrected chi connectivity index (χ3v) is 5.44. The molecule has 0 aliphatic carbocycles. The van der Waals surface area contributed by atoms with Gasteiger partial charge in [0.2, 0.25) is 0 Å². The number of carbonyl (C=O) groups is 1. The third-order valence-electron chi connectivity index (χ3n) is 5.44. The van der Waals surface area contributed by atoms with E-state index in [9.17, 15) is 4.79 Å². The molecule has 2 aromatic rings. The molecule has 0 N–H and O–H groups in total. The molecule has 0 radical (unpaired) electrons. The molecule has 1 amide bonds. The van der Waals surface area contributed by atoms with Gasteiger partial charge in [-0.05, 0) is 51.1 Å². The summed E-state index contributed by atoms with van der Waals surface area (Å²) in [6.45, 7) is 4.04. The Balaban J connectivity index is 1.54. The molecule has 0 bridgehead atoms. The zero-order valence-corrected chi connectivity index (χ0v) is 13.8. The summed E-state index contributed by atoms with van der Waals surface area (Å²) in [6.07, 6.45) is 3.60. The van der Waals surface area contributed by atoms with Crippen LogP contribution in [0.15, 0.2) is 18.2 Å². The van der Waals surface area contributed by atoms with E-state index in [2.05, 4.69) is 22.3 Å². The number of likely N-dealkylation sites (tertiary alicyclic amines) is 2. The number of benzene rings is 1. The Kier molecular flexibility index (Phi) is 3.37. The maximum atomic E-state index is 12.9. The molecule has 4 rings (SSSR count). The summed E-state index contributed by atoms with van der Waals surface area (Å²) in [6, 6.07) is 5.69. The van der Waals surface area contributed by atoms with E-state index in [0.717, 1.165) is 42.7 Å². The quantitative estimate of drug-likeness (QED) is 0.801. The van der Waals surface area contributed by atoms with Crippen molar-refractivity contribution in [2.24, 2.45) is 12.5 Å². The highest BCUT2D eigenvalue weighted by Crippen LogP contribution is 2.39. The molecule has 2 fully saturated rings. The smallest absolute Gasteiger partial charge is 0.253 e. The Morgan fingerprint density at radius 2 is 2.04 bits per heavy atom. The van der Waals surface area contributed by atoms with E-state index in [4.69, 9.17) is 0 Å². The number of piperidine rings is 1. The number of rotatable bonds is 1. The van der Waals surface area contributed by atoms with Crippen LogP contribution in [0.2, 0.25) is 0 Å². The second-order valence-electron chi connectivity index (χ2n) is 7.23. The Labute approximate surface area is 136 Å². The normalized spacial score (nSPS) is 25.6. The van der Waals surface area contributed by atoms with Crippen molar-refractivity contribution in [3.63, 3.8) is 0 Å². The lowest BCUT2D eigenvalue weighted by Crippen LogP contribution is -2.43. The summed E-state index contributed by atoms with van der Waals surface area (Å²) in [5.41, 5.74) is 2.76. The maximum Gasteiger partial charge on any atom is 0.253 e. The standard InChI is InChI=1S/C17H23N5O/c1-20-8-3-6-17(11-20)7-9-22(12-17)16(23)13-4-5-15-14(10-13)18-19-21(15)2/h4-5,10H,3,6-9,11-12H2,1-2H3. The number of hydrogen-bond acceptors (Lipinski definition) is 4. The van der Waals surface area contributed by atoms with Gasteiger partial charge in [-0.3, -0.25) is 4.79 Å². The lowest BCUT2D eigenvalue weighted by atomic mass is 9.79. The zero-order chi connectivity index (χ0) is 16.0. The summed E-state index contributed by atoms with van der Waals surface area (Å²) in [4.78, 5) is 17.3. The van der Waals surface area contributed by atoms with Crippen LogP contribution >= 0.6 is 0 Å². The number of hydrogen-bond donors (Lipinski definition) is 0. The monoisotopic (exact) mass is 313 g/mol. The lowest BCUT2D eigenvalue weighted by molar-refractivity contribution is 0.0722. The number of fused-ring (bicyclic) bond motifs is 1. The predicted octanol–water partition coefficient (Wildman–Crippen LogP) is 1.53. The average molecular weight is 313 g/mol. The summed E-state index contributed by atoms with van der Waals surface area (Å²) >= 11 is 0. The fourth-order valence-electron chi connectivity index (χ4n) is 4.25. The molecule has 23 heavy (non-hydrogen) atoms. The van der Waals surface area contributed by atoms with Crippen LogP contribution in [0, 0.1) is 5.41 Å². The molecule has 0 saturated carbocycles. The van der Waals surface area contributed by atoms with Crippen molar-refractivity contribution < 1.29 is 4.79 Å². The highest BCUT2D eigenvalue weighted by molar-refractivity contribution is 5.97. The number of nitrogens with zero attached hydrogens (tertiary/aromatic N) is 5. The summed E-state index contributed by atoms with van der Waals surface area (Å²) < 4.78 is 1.73. The van der Waals surface area contributed by atoms with Crippen molar-refractivity contribution in [2.75, 3.05) is 33.2 Å². The Morgan fingerprint density at radius 1 is 1.17 bits per heavy atom. The largest absolute Gasteiger partial charge is 0.338 e. The molecule has 3 heterocycles. The van der Waals surface area contributed by atoms with E-state index in [1.807, 2.05) is 30.1 Å². The van der Waals surface area contributed by atoms with Gasteiger partial charge in [0.15, 0.2) is 0 Å². The number of amides is 1. The Hall–Kier alpha value is -1.95. The molecule has 1 spiro atoms. The van der Waals surface area contributed by atoms with E-state index < -0.39 is 0 Å². The van der Waals surface area contributed by atoms with E-state index in [1.165, 1.54) is 19.4 Å². The van der Waals surface area contributed by atoms with Gasteiger partial charge in [-0.1, -0.05) is 5.21 Å². The first-order chi connectivity index (χ1) is 11.1. The first kappa shape index (κ1) is 14.6. The summed E-state index contributed by atoms with van der Waals surface area (Å²) in [7, 11) is 4.05. The van der Waals surface area contributed by atoms with Gasteiger partial charge >= 0.3 is 0 Å². The molecule has 1 aromatic carbocycles. The van der Waals surface area contributed by atoms with Gasteiger partial charge in [0.25, 0.3) is 5.91 Å². The molecular formula is C17H23N5O. The van der Waals surface area contributed by atoms with E-state index in [1.54, 1.807) is 4.68 Å². The molecule has 6 nitrogen and oxygen atoms in total.